The van der Waals surface area contributed by atoms with E-state index < -0.39 is 6.04 Å². The molecule has 7 nitrogen and oxygen atoms in total. The van der Waals surface area contributed by atoms with Crippen molar-refractivity contribution in [3.63, 3.8) is 0 Å². The Morgan fingerprint density at radius 2 is 1.96 bits per heavy atom. The summed E-state index contributed by atoms with van der Waals surface area (Å²) in [7, 11) is 0. The molecule has 1 atom stereocenters. The van der Waals surface area contributed by atoms with E-state index in [1.165, 1.54) is 4.68 Å². The van der Waals surface area contributed by atoms with E-state index in [2.05, 4.69) is 20.5 Å². The van der Waals surface area contributed by atoms with Crippen molar-refractivity contribution >= 4 is 35.1 Å². The molecule has 0 bridgehead atoms. The molecule has 0 spiro atoms. The summed E-state index contributed by atoms with van der Waals surface area (Å²) in [6, 6.07) is 6.92. The molecule has 9 heteroatoms. The SMILES string of the molecule is Cc1nn(C(C)C(=O)Nc2ncn(Cc3ccc(Cl)cc3)n2)cc1Cl. The van der Waals surface area contributed by atoms with Crippen molar-refractivity contribution in [3.8, 4) is 0 Å². The van der Waals surface area contributed by atoms with Gasteiger partial charge in [0.1, 0.15) is 12.4 Å². The van der Waals surface area contributed by atoms with Gasteiger partial charge in [-0.15, -0.1) is 5.10 Å². The topological polar surface area (TPSA) is 77.6 Å². The van der Waals surface area contributed by atoms with Gasteiger partial charge in [-0.2, -0.15) is 5.10 Å². The molecule has 2 aromatic heterocycles. The number of nitrogens with one attached hydrogen (secondary N) is 1. The molecule has 0 saturated carbocycles. The maximum absolute atomic E-state index is 12.3. The second-order valence-electron chi connectivity index (χ2n) is 5.60. The molecular formula is C16H16Cl2N6O. The molecule has 0 aliphatic carbocycles. The average Bonchev–Trinajstić information content (AvgIpc) is 3.15. The van der Waals surface area contributed by atoms with Gasteiger partial charge in [0.2, 0.25) is 5.95 Å². The maximum Gasteiger partial charge on any atom is 0.251 e. The molecule has 130 valence electrons. The summed E-state index contributed by atoms with van der Waals surface area (Å²) >= 11 is 11.8. The van der Waals surface area contributed by atoms with Gasteiger partial charge in [0.05, 0.1) is 17.3 Å². The van der Waals surface area contributed by atoms with Gasteiger partial charge in [-0.05, 0) is 31.5 Å². The van der Waals surface area contributed by atoms with Crippen LogP contribution in [-0.4, -0.2) is 30.5 Å². The third-order valence-corrected chi connectivity index (χ3v) is 4.29. The lowest BCUT2D eigenvalue weighted by molar-refractivity contribution is -0.119. The lowest BCUT2D eigenvalue weighted by Crippen LogP contribution is -2.24. The van der Waals surface area contributed by atoms with Gasteiger partial charge in [-0.3, -0.25) is 14.8 Å². The molecule has 1 unspecified atom stereocenters. The number of carbonyl (C=O) groups excluding carboxylic acids is 1. The molecule has 0 aliphatic heterocycles. The first kappa shape index (κ1) is 17.4. The van der Waals surface area contributed by atoms with Gasteiger partial charge >= 0.3 is 0 Å². The highest BCUT2D eigenvalue weighted by molar-refractivity contribution is 6.31. The minimum Gasteiger partial charge on any atom is -0.291 e. The third kappa shape index (κ3) is 4.18. The zero-order valence-corrected chi connectivity index (χ0v) is 15.2. The van der Waals surface area contributed by atoms with E-state index in [4.69, 9.17) is 23.2 Å². The number of carbonyl (C=O) groups is 1. The van der Waals surface area contributed by atoms with Crippen molar-refractivity contribution in [2.24, 2.45) is 0 Å². The van der Waals surface area contributed by atoms with E-state index in [1.807, 2.05) is 24.3 Å². The Bertz CT molecular complexity index is 867. The number of hydrogen-bond acceptors (Lipinski definition) is 4. The first-order chi connectivity index (χ1) is 11.9. The van der Waals surface area contributed by atoms with Crippen LogP contribution in [0.25, 0.3) is 0 Å². The number of nitrogens with zero attached hydrogens (tertiary/aromatic N) is 5. The molecule has 0 fully saturated rings. The number of hydrogen-bond donors (Lipinski definition) is 1. The summed E-state index contributed by atoms with van der Waals surface area (Å²) in [5.74, 6) is -0.0378. The van der Waals surface area contributed by atoms with Crippen LogP contribution >= 0.6 is 23.2 Å². The normalized spacial score (nSPS) is 12.2. The Balaban J connectivity index is 1.64. The zero-order chi connectivity index (χ0) is 18.0. The Morgan fingerprint density at radius 1 is 1.24 bits per heavy atom. The number of benzene rings is 1. The van der Waals surface area contributed by atoms with Crippen LogP contribution in [0.1, 0.15) is 24.2 Å². The fraction of sp³-hybridized carbons (Fsp3) is 0.250. The van der Waals surface area contributed by atoms with Crippen LogP contribution in [-0.2, 0) is 11.3 Å². The van der Waals surface area contributed by atoms with Gasteiger partial charge < -0.3 is 0 Å². The lowest BCUT2D eigenvalue weighted by atomic mass is 10.2. The van der Waals surface area contributed by atoms with Gasteiger partial charge in [-0.1, -0.05) is 35.3 Å². The predicted molar refractivity (Wildman–Crippen MR) is 95.9 cm³/mol. The van der Waals surface area contributed by atoms with Crippen LogP contribution in [0.4, 0.5) is 5.95 Å². The van der Waals surface area contributed by atoms with E-state index >= 15 is 0 Å². The fourth-order valence-electron chi connectivity index (χ4n) is 2.20. The second kappa shape index (κ2) is 7.25. The molecule has 3 rings (SSSR count). The van der Waals surface area contributed by atoms with Crippen molar-refractivity contribution in [2.45, 2.75) is 26.4 Å². The Labute approximate surface area is 154 Å². The van der Waals surface area contributed by atoms with Crippen molar-refractivity contribution < 1.29 is 4.79 Å². The van der Waals surface area contributed by atoms with Crippen LogP contribution in [0, 0.1) is 6.92 Å². The molecule has 1 amide bonds. The maximum atomic E-state index is 12.3. The number of aryl methyl sites for hydroxylation is 1. The number of aromatic nitrogens is 5. The minimum absolute atomic E-state index is 0.237. The van der Waals surface area contributed by atoms with Gasteiger partial charge in [0, 0.05) is 11.2 Å². The van der Waals surface area contributed by atoms with Gasteiger partial charge in [0.15, 0.2) is 0 Å². The number of amides is 1. The minimum atomic E-state index is -0.533. The summed E-state index contributed by atoms with van der Waals surface area (Å²) in [5, 5.41) is 12.3. The predicted octanol–water partition coefficient (Wildman–Crippen LogP) is 3.34. The second-order valence-corrected chi connectivity index (χ2v) is 6.44. The standard InChI is InChI=1S/C16H16Cl2N6O/c1-10-14(18)8-24(21-10)11(2)15(25)20-16-19-9-23(22-16)7-12-3-5-13(17)6-4-12/h3-6,8-9,11H,7H2,1-2H3,(H,20,22,25). The van der Waals surface area contributed by atoms with Crippen molar-refractivity contribution in [3.05, 3.63) is 58.1 Å². The van der Waals surface area contributed by atoms with E-state index in [0.717, 1.165) is 5.56 Å². The Hall–Kier alpha value is -2.38. The van der Waals surface area contributed by atoms with Crippen LogP contribution in [0.3, 0.4) is 0 Å². The number of anilines is 1. The van der Waals surface area contributed by atoms with E-state index in [-0.39, 0.29) is 11.9 Å². The molecule has 3 aromatic rings. The monoisotopic (exact) mass is 378 g/mol. The zero-order valence-electron chi connectivity index (χ0n) is 13.6. The van der Waals surface area contributed by atoms with Gasteiger partial charge in [-0.25, -0.2) is 9.67 Å². The largest absolute Gasteiger partial charge is 0.291 e. The smallest absolute Gasteiger partial charge is 0.251 e. The molecule has 1 aromatic carbocycles. The Morgan fingerprint density at radius 3 is 2.60 bits per heavy atom. The van der Waals surface area contributed by atoms with Crippen LogP contribution in [0.5, 0.6) is 0 Å². The van der Waals surface area contributed by atoms with Crippen molar-refractivity contribution in [1.82, 2.24) is 24.5 Å². The highest BCUT2D eigenvalue weighted by atomic mass is 35.5. The summed E-state index contributed by atoms with van der Waals surface area (Å²) in [6.45, 7) is 4.04. The Kier molecular flexibility index (Phi) is 5.06. The summed E-state index contributed by atoms with van der Waals surface area (Å²) < 4.78 is 3.15. The highest BCUT2D eigenvalue weighted by Crippen LogP contribution is 2.17. The first-order valence-electron chi connectivity index (χ1n) is 7.58. The molecule has 1 N–H and O–H groups in total. The van der Waals surface area contributed by atoms with Crippen LogP contribution in [0.2, 0.25) is 10.0 Å². The quantitative estimate of drug-likeness (QED) is 0.738. The van der Waals surface area contributed by atoms with E-state index in [0.29, 0.717) is 22.3 Å². The van der Waals surface area contributed by atoms with E-state index in [9.17, 15) is 4.79 Å². The third-order valence-electron chi connectivity index (χ3n) is 3.66. The number of halogens is 2. The molecular weight excluding hydrogens is 363 g/mol. The summed E-state index contributed by atoms with van der Waals surface area (Å²) in [6.07, 6.45) is 3.18. The summed E-state index contributed by atoms with van der Waals surface area (Å²) in [5.41, 5.74) is 1.70. The van der Waals surface area contributed by atoms with E-state index in [1.54, 1.807) is 31.1 Å². The molecule has 2 heterocycles. The number of rotatable bonds is 5. The van der Waals surface area contributed by atoms with Gasteiger partial charge in [0.25, 0.3) is 5.91 Å². The highest BCUT2D eigenvalue weighted by Gasteiger charge is 2.18. The van der Waals surface area contributed by atoms with Crippen molar-refractivity contribution in [2.75, 3.05) is 5.32 Å². The van der Waals surface area contributed by atoms with Crippen molar-refractivity contribution in [1.29, 1.82) is 0 Å². The first-order valence-corrected chi connectivity index (χ1v) is 8.34. The van der Waals surface area contributed by atoms with Crippen LogP contribution < -0.4 is 5.32 Å². The molecule has 25 heavy (non-hydrogen) atoms. The summed E-state index contributed by atoms with van der Waals surface area (Å²) in [4.78, 5) is 16.4. The van der Waals surface area contributed by atoms with Crippen LogP contribution in [0.15, 0.2) is 36.8 Å². The average molecular weight is 379 g/mol. The molecule has 0 radical (unpaired) electrons. The lowest BCUT2D eigenvalue weighted by Gasteiger charge is -2.10. The fourth-order valence-corrected chi connectivity index (χ4v) is 2.46. The molecule has 0 aliphatic rings. The molecule has 0 saturated heterocycles.